The molecule has 198 valence electrons. The summed E-state index contributed by atoms with van der Waals surface area (Å²) in [6.07, 6.45) is 4.61. The quantitative estimate of drug-likeness (QED) is 0.473. The van der Waals surface area contributed by atoms with Gasteiger partial charge in [-0.2, -0.15) is 0 Å². The van der Waals surface area contributed by atoms with Gasteiger partial charge in [-0.15, -0.1) is 0 Å². The highest BCUT2D eigenvalue weighted by molar-refractivity contribution is 6.42. The zero-order valence-corrected chi connectivity index (χ0v) is 22.6. The number of benzene rings is 2. The monoisotopic (exact) mass is 544 g/mol. The second-order valence-corrected chi connectivity index (χ2v) is 11.9. The molecule has 6 nitrogen and oxygen atoms in total. The highest BCUT2D eigenvalue weighted by atomic mass is 35.5. The lowest BCUT2D eigenvalue weighted by molar-refractivity contribution is -0.157. The fraction of sp³-hybridized carbons (Fsp3) is 0.517. The number of halogens is 2. The van der Waals surface area contributed by atoms with Crippen molar-refractivity contribution in [2.24, 2.45) is 11.8 Å². The number of fused-ring (bicyclic) bond motifs is 1. The Hall–Kier alpha value is -2.28. The Morgan fingerprint density at radius 1 is 1.16 bits per heavy atom. The minimum Gasteiger partial charge on any atom is -0.508 e. The Bertz CT molecular complexity index is 1170. The predicted octanol–water partition coefficient (Wildman–Crippen LogP) is 5.12. The van der Waals surface area contributed by atoms with Gasteiger partial charge in [0.15, 0.2) is 0 Å². The molecular formula is C29H34Cl2N2O4. The molecule has 3 fully saturated rings. The summed E-state index contributed by atoms with van der Waals surface area (Å²) in [6, 6.07) is 12.5. The van der Waals surface area contributed by atoms with Crippen LogP contribution >= 0.6 is 23.2 Å². The van der Waals surface area contributed by atoms with Crippen LogP contribution in [-0.2, 0) is 26.2 Å². The van der Waals surface area contributed by atoms with Crippen LogP contribution in [0.25, 0.3) is 0 Å². The first kappa shape index (κ1) is 26.3. The molecule has 2 N–H and O–H groups in total. The van der Waals surface area contributed by atoms with E-state index in [2.05, 4.69) is 16.3 Å². The minimum absolute atomic E-state index is 0.0777. The highest BCUT2D eigenvalue weighted by Gasteiger charge is 2.54. The molecule has 2 aromatic rings. The molecule has 8 heteroatoms. The molecule has 0 aromatic heterocycles. The van der Waals surface area contributed by atoms with E-state index in [1.165, 1.54) is 19.8 Å². The number of esters is 1. The summed E-state index contributed by atoms with van der Waals surface area (Å²) in [4.78, 5) is 27.8. The van der Waals surface area contributed by atoms with E-state index in [-0.39, 0.29) is 47.5 Å². The second-order valence-electron chi connectivity index (χ2n) is 11.0. The Labute approximate surface area is 228 Å². The van der Waals surface area contributed by atoms with Gasteiger partial charge in [-0.05, 0) is 73.5 Å². The van der Waals surface area contributed by atoms with E-state index in [4.69, 9.17) is 27.9 Å². The Kier molecular flexibility index (Phi) is 7.71. The van der Waals surface area contributed by atoms with Crippen LogP contribution in [0.2, 0.25) is 10.0 Å². The van der Waals surface area contributed by atoms with Gasteiger partial charge in [0.05, 0.1) is 16.5 Å². The third-order valence-electron chi connectivity index (χ3n) is 8.28. The SMILES string of the molecule is CC(=O)OC1CC(NC(=O)Cc2ccc(Cl)c(Cl)c2)CC2(c3cccc(O)c3)CCN(CC3CC3)CC12. The fourth-order valence-electron chi connectivity index (χ4n) is 6.47. The van der Waals surface area contributed by atoms with Crippen molar-refractivity contribution < 1.29 is 19.4 Å². The van der Waals surface area contributed by atoms with E-state index in [0.717, 1.165) is 49.5 Å². The number of aromatic hydroxyl groups is 1. The van der Waals surface area contributed by atoms with Gasteiger partial charge in [0.2, 0.25) is 5.91 Å². The van der Waals surface area contributed by atoms with Gasteiger partial charge in [-0.3, -0.25) is 9.59 Å². The Balaban J connectivity index is 1.41. The second kappa shape index (κ2) is 10.8. The zero-order valence-electron chi connectivity index (χ0n) is 21.1. The largest absolute Gasteiger partial charge is 0.508 e. The molecule has 0 radical (unpaired) electrons. The summed E-state index contributed by atoms with van der Waals surface area (Å²) in [7, 11) is 0. The number of nitrogens with one attached hydrogen (secondary N) is 1. The van der Waals surface area contributed by atoms with Crippen LogP contribution in [0.5, 0.6) is 5.75 Å². The number of hydrogen-bond acceptors (Lipinski definition) is 5. The van der Waals surface area contributed by atoms with Crippen molar-refractivity contribution in [1.29, 1.82) is 0 Å². The van der Waals surface area contributed by atoms with Crippen LogP contribution in [0, 0.1) is 11.8 Å². The maximum atomic E-state index is 13.1. The Morgan fingerprint density at radius 2 is 1.97 bits per heavy atom. The molecule has 1 amide bonds. The van der Waals surface area contributed by atoms with Crippen molar-refractivity contribution in [2.75, 3.05) is 19.6 Å². The number of amides is 1. The molecule has 1 saturated heterocycles. The van der Waals surface area contributed by atoms with Gasteiger partial charge < -0.3 is 20.1 Å². The van der Waals surface area contributed by atoms with Gasteiger partial charge in [0.1, 0.15) is 11.9 Å². The number of carbonyl (C=O) groups excluding carboxylic acids is 2. The number of ether oxygens (including phenoxy) is 1. The van der Waals surface area contributed by atoms with Gasteiger partial charge in [-0.25, -0.2) is 0 Å². The summed E-state index contributed by atoms with van der Waals surface area (Å²) in [6.45, 7) is 4.32. The average molecular weight is 546 g/mol. The molecule has 2 aliphatic carbocycles. The minimum atomic E-state index is -0.328. The van der Waals surface area contributed by atoms with Gasteiger partial charge in [0.25, 0.3) is 0 Å². The zero-order chi connectivity index (χ0) is 26.2. The molecule has 2 saturated carbocycles. The number of phenols is 1. The highest BCUT2D eigenvalue weighted by Crippen LogP contribution is 2.51. The first-order valence-electron chi connectivity index (χ1n) is 13.1. The van der Waals surface area contributed by atoms with Crippen LogP contribution in [0.1, 0.15) is 50.2 Å². The molecule has 3 aliphatic rings. The van der Waals surface area contributed by atoms with Crippen LogP contribution < -0.4 is 5.32 Å². The molecule has 0 spiro atoms. The number of hydrogen-bond donors (Lipinski definition) is 2. The first-order chi connectivity index (χ1) is 17.7. The van der Waals surface area contributed by atoms with E-state index in [1.807, 2.05) is 12.1 Å². The molecule has 1 heterocycles. The van der Waals surface area contributed by atoms with Crippen LogP contribution in [-0.4, -0.2) is 53.7 Å². The van der Waals surface area contributed by atoms with Gasteiger partial charge in [0, 0.05) is 43.8 Å². The van der Waals surface area contributed by atoms with Crippen molar-refractivity contribution in [3.63, 3.8) is 0 Å². The maximum absolute atomic E-state index is 13.1. The molecular weight excluding hydrogens is 511 g/mol. The predicted molar refractivity (Wildman–Crippen MR) is 144 cm³/mol. The van der Waals surface area contributed by atoms with E-state index >= 15 is 0 Å². The molecule has 0 bridgehead atoms. The van der Waals surface area contributed by atoms with Crippen LogP contribution in [0.4, 0.5) is 0 Å². The van der Waals surface area contributed by atoms with Crippen molar-refractivity contribution >= 4 is 35.1 Å². The molecule has 4 unspecified atom stereocenters. The fourth-order valence-corrected chi connectivity index (χ4v) is 6.79. The van der Waals surface area contributed by atoms with Crippen LogP contribution in [0.15, 0.2) is 42.5 Å². The number of rotatable bonds is 7. The number of nitrogens with zero attached hydrogens (tertiary/aromatic N) is 1. The smallest absolute Gasteiger partial charge is 0.302 e. The lowest BCUT2D eigenvalue weighted by Gasteiger charge is -2.55. The molecule has 4 atom stereocenters. The molecule has 5 rings (SSSR count). The summed E-state index contributed by atoms with van der Waals surface area (Å²) in [5, 5.41) is 14.4. The van der Waals surface area contributed by atoms with E-state index in [0.29, 0.717) is 16.5 Å². The summed E-state index contributed by atoms with van der Waals surface area (Å²) >= 11 is 12.2. The maximum Gasteiger partial charge on any atom is 0.302 e. The third kappa shape index (κ3) is 6.08. The summed E-state index contributed by atoms with van der Waals surface area (Å²) in [5.41, 5.74) is 1.51. The number of phenolic OH excluding ortho intramolecular Hbond substituents is 1. The first-order valence-corrected chi connectivity index (χ1v) is 13.9. The van der Waals surface area contributed by atoms with Crippen molar-refractivity contribution in [2.45, 2.75) is 63.0 Å². The van der Waals surface area contributed by atoms with Gasteiger partial charge >= 0.3 is 5.97 Å². The number of carbonyl (C=O) groups is 2. The van der Waals surface area contributed by atoms with Crippen molar-refractivity contribution in [3.05, 3.63) is 63.6 Å². The third-order valence-corrected chi connectivity index (χ3v) is 9.02. The van der Waals surface area contributed by atoms with E-state index < -0.39 is 0 Å². The average Bonchev–Trinajstić information content (AvgIpc) is 3.65. The summed E-state index contributed by atoms with van der Waals surface area (Å²) in [5.74, 6) is 0.657. The van der Waals surface area contributed by atoms with Gasteiger partial charge in [-0.1, -0.05) is 41.4 Å². The number of piperidine rings is 1. The van der Waals surface area contributed by atoms with E-state index in [9.17, 15) is 14.7 Å². The topological polar surface area (TPSA) is 78.9 Å². The van der Waals surface area contributed by atoms with Crippen molar-refractivity contribution in [3.8, 4) is 5.75 Å². The standard InChI is InChI=1S/C29H34Cl2N2O4/c1-18(34)37-27-14-22(32-28(36)12-20-7-8-25(30)26(31)11-20)15-29(21-3-2-4-23(35)13-21)9-10-33(17-24(27)29)16-19-5-6-19/h2-4,7-8,11,13,19,22,24,27,35H,5-6,9-10,12,14-17H2,1H3,(H,32,36). The van der Waals surface area contributed by atoms with Crippen LogP contribution in [0.3, 0.4) is 0 Å². The summed E-state index contributed by atoms with van der Waals surface area (Å²) < 4.78 is 5.95. The lowest BCUT2D eigenvalue weighted by atomic mass is 9.57. The number of likely N-dealkylation sites (tertiary alicyclic amines) is 1. The Morgan fingerprint density at radius 3 is 2.68 bits per heavy atom. The molecule has 2 aromatic carbocycles. The lowest BCUT2D eigenvalue weighted by Crippen LogP contribution is -2.61. The molecule has 37 heavy (non-hydrogen) atoms. The van der Waals surface area contributed by atoms with E-state index in [1.54, 1.807) is 24.3 Å². The molecule has 1 aliphatic heterocycles. The van der Waals surface area contributed by atoms with Crippen molar-refractivity contribution in [1.82, 2.24) is 10.2 Å². The normalized spacial score (nSPS) is 27.8.